The van der Waals surface area contributed by atoms with Crippen LogP contribution in [0.5, 0.6) is 0 Å². The number of unbranched alkanes of at least 4 members (excludes halogenated alkanes) is 1. The van der Waals surface area contributed by atoms with Crippen molar-refractivity contribution >= 4 is 29.6 Å². The lowest BCUT2D eigenvalue weighted by atomic mass is 10.1. The first kappa shape index (κ1) is 18.3. The third-order valence-electron chi connectivity index (χ3n) is 3.97. The van der Waals surface area contributed by atoms with E-state index in [2.05, 4.69) is 0 Å². The molecule has 1 aliphatic rings. The number of aliphatic carboxylic acids is 2. The summed E-state index contributed by atoms with van der Waals surface area (Å²) in [5, 5.41) is 17.7. The summed E-state index contributed by atoms with van der Waals surface area (Å²) in [4.78, 5) is 36.0. The summed E-state index contributed by atoms with van der Waals surface area (Å²) in [6.45, 7) is 1.97. The Balaban J connectivity index is 2.09. The Morgan fingerprint density at radius 1 is 1.12 bits per heavy atom. The van der Waals surface area contributed by atoms with Gasteiger partial charge < -0.3 is 15.1 Å². The molecule has 0 aromatic heterocycles. The average Bonchev–Trinajstić information content (AvgIpc) is 2.97. The van der Waals surface area contributed by atoms with Crippen LogP contribution >= 0.6 is 11.8 Å². The number of hydrogen-bond donors (Lipinski definition) is 2. The maximum atomic E-state index is 12.6. The van der Waals surface area contributed by atoms with Gasteiger partial charge in [0.25, 0.3) is 0 Å². The summed E-state index contributed by atoms with van der Waals surface area (Å²) in [5.41, 5.74) is 2.01. The van der Waals surface area contributed by atoms with Crippen molar-refractivity contribution in [2.45, 2.75) is 44.0 Å². The highest BCUT2D eigenvalue weighted by Crippen LogP contribution is 2.42. The maximum absolute atomic E-state index is 12.6. The molecular formula is C17H21NO5S. The summed E-state index contributed by atoms with van der Waals surface area (Å²) in [6.07, 6.45) is 1.04. The van der Waals surface area contributed by atoms with Gasteiger partial charge in [-0.2, -0.15) is 0 Å². The number of carboxylic acid groups (broad SMARTS) is 2. The predicted octanol–water partition coefficient (Wildman–Crippen LogP) is 2.67. The highest BCUT2D eigenvalue weighted by atomic mass is 32.2. The van der Waals surface area contributed by atoms with Gasteiger partial charge in [0.1, 0.15) is 11.4 Å². The molecule has 1 fully saturated rings. The van der Waals surface area contributed by atoms with E-state index in [1.807, 2.05) is 31.2 Å². The van der Waals surface area contributed by atoms with Crippen LogP contribution in [0.1, 0.15) is 42.2 Å². The highest BCUT2D eigenvalue weighted by molar-refractivity contribution is 7.99. The van der Waals surface area contributed by atoms with E-state index in [1.54, 1.807) is 0 Å². The van der Waals surface area contributed by atoms with E-state index < -0.39 is 18.0 Å². The van der Waals surface area contributed by atoms with Crippen LogP contribution in [0, 0.1) is 6.92 Å². The highest BCUT2D eigenvalue weighted by Gasteiger charge is 2.41. The van der Waals surface area contributed by atoms with Crippen molar-refractivity contribution in [1.82, 2.24) is 4.90 Å². The van der Waals surface area contributed by atoms with Crippen molar-refractivity contribution in [3.05, 3.63) is 35.4 Å². The van der Waals surface area contributed by atoms with Gasteiger partial charge in [0.2, 0.25) is 5.91 Å². The Morgan fingerprint density at radius 3 is 2.33 bits per heavy atom. The van der Waals surface area contributed by atoms with E-state index in [9.17, 15) is 19.5 Å². The molecule has 0 saturated carbocycles. The summed E-state index contributed by atoms with van der Waals surface area (Å²) in [6, 6.07) is 6.89. The van der Waals surface area contributed by atoms with E-state index in [0.29, 0.717) is 18.6 Å². The Bertz CT molecular complexity index is 616. The number of carbonyl (C=O) groups is 3. The van der Waals surface area contributed by atoms with Crippen LogP contribution in [-0.4, -0.2) is 44.8 Å². The molecule has 0 aliphatic carbocycles. The van der Waals surface area contributed by atoms with E-state index >= 15 is 0 Å². The largest absolute Gasteiger partial charge is 0.481 e. The second-order valence-corrected chi connectivity index (χ2v) is 6.97. The van der Waals surface area contributed by atoms with Crippen LogP contribution in [0.3, 0.4) is 0 Å². The third-order valence-corrected chi connectivity index (χ3v) is 5.29. The smallest absolute Gasteiger partial charge is 0.327 e. The van der Waals surface area contributed by atoms with Gasteiger partial charge in [0.05, 0.1) is 0 Å². The molecule has 6 nitrogen and oxygen atoms in total. The second kappa shape index (κ2) is 8.19. The Labute approximate surface area is 144 Å². The van der Waals surface area contributed by atoms with E-state index in [4.69, 9.17) is 5.11 Å². The minimum Gasteiger partial charge on any atom is -0.481 e. The number of nitrogens with zero attached hydrogens (tertiary/aromatic N) is 1. The molecule has 1 amide bonds. The molecule has 1 heterocycles. The van der Waals surface area contributed by atoms with Gasteiger partial charge >= 0.3 is 11.9 Å². The fourth-order valence-electron chi connectivity index (χ4n) is 2.67. The van der Waals surface area contributed by atoms with Crippen LogP contribution in [-0.2, 0) is 14.4 Å². The first-order valence-corrected chi connectivity index (χ1v) is 8.89. The zero-order valence-electron chi connectivity index (χ0n) is 13.5. The molecule has 24 heavy (non-hydrogen) atoms. The number of hydrogen-bond acceptors (Lipinski definition) is 4. The number of rotatable bonds is 7. The molecule has 1 unspecified atom stereocenters. The fraction of sp³-hybridized carbons (Fsp3) is 0.471. The minimum atomic E-state index is -1.00. The summed E-state index contributed by atoms with van der Waals surface area (Å²) < 4.78 is 0. The Hall–Kier alpha value is -2.02. The van der Waals surface area contributed by atoms with Gasteiger partial charge in [-0.3, -0.25) is 9.59 Å². The summed E-state index contributed by atoms with van der Waals surface area (Å²) >= 11 is 1.45. The van der Waals surface area contributed by atoms with E-state index in [-0.39, 0.29) is 24.1 Å². The number of amides is 1. The van der Waals surface area contributed by atoms with Crippen molar-refractivity contribution < 1.29 is 24.6 Å². The van der Waals surface area contributed by atoms with Crippen LogP contribution in [0.15, 0.2) is 24.3 Å². The summed E-state index contributed by atoms with van der Waals surface area (Å²) in [7, 11) is 0. The molecule has 2 atom stereocenters. The molecule has 2 N–H and O–H groups in total. The van der Waals surface area contributed by atoms with Gasteiger partial charge in [-0.1, -0.05) is 29.8 Å². The molecule has 0 spiro atoms. The van der Waals surface area contributed by atoms with E-state index in [0.717, 1.165) is 11.1 Å². The van der Waals surface area contributed by atoms with Crippen molar-refractivity contribution in [1.29, 1.82) is 0 Å². The molecule has 2 rings (SSSR count). The van der Waals surface area contributed by atoms with Crippen molar-refractivity contribution in [3.63, 3.8) is 0 Å². The number of carbonyl (C=O) groups excluding carboxylic acids is 1. The fourth-order valence-corrected chi connectivity index (χ4v) is 4.11. The first-order chi connectivity index (χ1) is 11.4. The standard InChI is InChI=1S/C17H21NO5S/c1-11-6-8-12(9-7-11)16-18(13(10-24-16)17(22)23)14(19)4-2-3-5-15(20)21/h6-9,13,16H,2-5,10H2,1H3,(H,20,21)(H,22,23)/t13-,16?/m0/s1. The molecule has 0 bridgehead atoms. The SMILES string of the molecule is Cc1ccc(C2SC[C@@H](C(=O)O)N2C(=O)CCCCC(=O)O)cc1. The third kappa shape index (κ3) is 4.50. The lowest BCUT2D eigenvalue weighted by Gasteiger charge is -2.27. The molecule has 1 aliphatic heterocycles. The zero-order chi connectivity index (χ0) is 17.7. The molecule has 7 heteroatoms. The Morgan fingerprint density at radius 2 is 1.75 bits per heavy atom. The predicted molar refractivity (Wildman–Crippen MR) is 90.8 cm³/mol. The van der Waals surface area contributed by atoms with Crippen molar-refractivity contribution in [3.8, 4) is 0 Å². The number of benzene rings is 1. The lowest BCUT2D eigenvalue weighted by Crippen LogP contribution is -2.42. The van der Waals surface area contributed by atoms with E-state index in [1.165, 1.54) is 16.7 Å². The molecule has 1 aromatic carbocycles. The van der Waals surface area contributed by atoms with Gasteiger partial charge in [-0.15, -0.1) is 11.8 Å². The minimum absolute atomic E-state index is 0.0196. The topological polar surface area (TPSA) is 94.9 Å². The molecule has 1 aromatic rings. The number of aryl methyl sites for hydroxylation is 1. The Kier molecular flexibility index (Phi) is 6.25. The normalized spacial score (nSPS) is 20.1. The molecule has 130 valence electrons. The van der Waals surface area contributed by atoms with Crippen molar-refractivity contribution in [2.75, 3.05) is 5.75 Å². The van der Waals surface area contributed by atoms with Crippen LogP contribution < -0.4 is 0 Å². The number of thioether (sulfide) groups is 1. The van der Waals surface area contributed by atoms with Crippen LogP contribution in [0.4, 0.5) is 0 Å². The quantitative estimate of drug-likeness (QED) is 0.734. The maximum Gasteiger partial charge on any atom is 0.327 e. The van der Waals surface area contributed by atoms with Gasteiger partial charge in [0, 0.05) is 18.6 Å². The van der Waals surface area contributed by atoms with Crippen LogP contribution in [0.25, 0.3) is 0 Å². The lowest BCUT2D eigenvalue weighted by molar-refractivity contribution is -0.149. The summed E-state index contributed by atoms with van der Waals surface area (Å²) in [5.74, 6) is -1.77. The molecule has 0 radical (unpaired) electrons. The first-order valence-electron chi connectivity index (χ1n) is 7.84. The monoisotopic (exact) mass is 351 g/mol. The molecule has 1 saturated heterocycles. The average molecular weight is 351 g/mol. The van der Waals surface area contributed by atoms with Crippen molar-refractivity contribution in [2.24, 2.45) is 0 Å². The van der Waals surface area contributed by atoms with Gasteiger partial charge in [0.15, 0.2) is 0 Å². The zero-order valence-corrected chi connectivity index (χ0v) is 14.3. The van der Waals surface area contributed by atoms with Gasteiger partial charge in [-0.25, -0.2) is 4.79 Å². The van der Waals surface area contributed by atoms with Gasteiger partial charge in [-0.05, 0) is 25.3 Å². The number of carboxylic acids is 2. The molecular weight excluding hydrogens is 330 g/mol. The van der Waals surface area contributed by atoms with Crippen LogP contribution in [0.2, 0.25) is 0 Å². The second-order valence-electron chi connectivity index (χ2n) is 5.85.